The van der Waals surface area contributed by atoms with Crippen molar-refractivity contribution < 1.29 is 9.53 Å². The quantitative estimate of drug-likeness (QED) is 0.742. The summed E-state index contributed by atoms with van der Waals surface area (Å²) in [4.78, 5) is 12.8. The molecule has 1 amide bonds. The van der Waals surface area contributed by atoms with E-state index in [0.29, 0.717) is 15.9 Å². The van der Waals surface area contributed by atoms with Crippen LogP contribution in [0.25, 0.3) is 16.3 Å². The van der Waals surface area contributed by atoms with Crippen molar-refractivity contribution >= 4 is 27.3 Å². The van der Waals surface area contributed by atoms with Crippen LogP contribution in [-0.4, -0.2) is 32.8 Å². The maximum absolute atomic E-state index is 12.2. The van der Waals surface area contributed by atoms with Gasteiger partial charge in [-0.3, -0.25) is 4.79 Å². The minimum absolute atomic E-state index is 0.000375. The molecule has 2 heterocycles. The number of fused-ring (bicyclic) bond motifs is 1. The van der Waals surface area contributed by atoms with E-state index in [-0.39, 0.29) is 11.8 Å². The predicted molar refractivity (Wildman–Crippen MR) is 93.3 cm³/mol. The van der Waals surface area contributed by atoms with E-state index in [1.807, 2.05) is 38.1 Å². The van der Waals surface area contributed by atoms with Crippen LogP contribution in [-0.2, 0) is 4.79 Å². The molecular weight excluding hydrogens is 326 g/mol. The lowest BCUT2D eigenvalue weighted by atomic mass is 10.0. The lowest BCUT2D eigenvalue weighted by molar-refractivity contribution is -0.120. The normalized spacial score (nSPS) is 11.2. The average Bonchev–Trinajstić information content (AvgIpc) is 3.16. The summed E-state index contributed by atoms with van der Waals surface area (Å²) in [5.41, 5.74) is 0.881. The number of nitrogens with zero attached hydrogens (tertiary/aromatic N) is 4. The molecule has 0 unspecified atom stereocenters. The first-order chi connectivity index (χ1) is 11.7. The van der Waals surface area contributed by atoms with Gasteiger partial charge >= 0.3 is 0 Å². The van der Waals surface area contributed by atoms with Crippen molar-refractivity contribution in [3.63, 3.8) is 0 Å². The lowest BCUT2D eigenvalue weighted by Crippen LogP contribution is -2.21. The molecule has 0 aliphatic rings. The molecule has 2 aromatic heterocycles. The Kier molecular flexibility index (Phi) is 4.75. The van der Waals surface area contributed by atoms with E-state index in [1.165, 1.54) is 11.3 Å². The number of aromatic nitrogens is 4. The summed E-state index contributed by atoms with van der Waals surface area (Å²) in [6, 6.07) is 7.52. The van der Waals surface area contributed by atoms with Crippen LogP contribution in [0, 0.1) is 5.92 Å². The Morgan fingerprint density at radius 2 is 1.96 bits per heavy atom. The topological polar surface area (TPSA) is 81.4 Å². The molecule has 1 aromatic carbocycles. The Bertz CT molecular complexity index is 836. The van der Waals surface area contributed by atoms with E-state index in [9.17, 15) is 4.79 Å². The summed E-state index contributed by atoms with van der Waals surface area (Å²) in [5.74, 6) is 1.40. The molecule has 0 aliphatic heterocycles. The maximum Gasteiger partial charge on any atom is 0.236 e. The van der Waals surface area contributed by atoms with Gasteiger partial charge in [0.05, 0.1) is 7.11 Å². The number of carbonyl (C=O) groups is 1. The number of nitrogens with one attached hydrogen (secondary N) is 1. The van der Waals surface area contributed by atoms with Crippen molar-refractivity contribution in [1.82, 2.24) is 19.8 Å². The maximum atomic E-state index is 12.2. The smallest absolute Gasteiger partial charge is 0.236 e. The second-order valence-electron chi connectivity index (χ2n) is 5.36. The highest BCUT2D eigenvalue weighted by molar-refractivity contribution is 7.20. The number of hydrogen-bond donors (Lipinski definition) is 1. The molecule has 0 fully saturated rings. The van der Waals surface area contributed by atoms with Gasteiger partial charge < -0.3 is 10.1 Å². The van der Waals surface area contributed by atoms with Crippen molar-refractivity contribution in [2.24, 2.45) is 5.92 Å². The number of hydrogen-bond acceptors (Lipinski definition) is 6. The van der Waals surface area contributed by atoms with E-state index >= 15 is 0 Å². The van der Waals surface area contributed by atoms with E-state index in [0.717, 1.165) is 24.2 Å². The molecule has 0 spiro atoms. The van der Waals surface area contributed by atoms with Gasteiger partial charge in [-0.1, -0.05) is 25.2 Å². The van der Waals surface area contributed by atoms with Gasteiger partial charge in [-0.15, -0.1) is 15.3 Å². The zero-order valence-electron chi connectivity index (χ0n) is 13.8. The fraction of sp³-hybridized carbons (Fsp3) is 0.375. The van der Waals surface area contributed by atoms with Gasteiger partial charge in [-0.05, 0) is 37.1 Å². The van der Waals surface area contributed by atoms with Crippen LogP contribution in [0.15, 0.2) is 24.3 Å². The molecule has 24 heavy (non-hydrogen) atoms. The molecule has 0 saturated carbocycles. The van der Waals surface area contributed by atoms with Crippen LogP contribution in [0.4, 0.5) is 5.13 Å². The number of methoxy groups -OCH3 is 1. The minimum atomic E-state index is -0.00374. The van der Waals surface area contributed by atoms with Gasteiger partial charge in [0.25, 0.3) is 0 Å². The lowest BCUT2D eigenvalue weighted by Gasteiger charge is -2.10. The predicted octanol–water partition coefficient (Wildman–Crippen LogP) is 3.24. The molecule has 1 N–H and O–H groups in total. The molecular formula is C16H19N5O2S. The van der Waals surface area contributed by atoms with E-state index in [4.69, 9.17) is 4.74 Å². The number of rotatable bonds is 6. The Balaban J connectivity index is 1.87. The zero-order valence-corrected chi connectivity index (χ0v) is 14.6. The largest absolute Gasteiger partial charge is 0.497 e. The van der Waals surface area contributed by atoms with Gasteiger partial charge in [0.2, 0.25) is 16.0 Å². The Labute approximate surface area is 143 Å². The molecule has 0 aliphatic carbocycles. The third kappa shape index (κ3) is 3.09. The van der Waals surface area contributed by atoms with Crippen LogP contribution >= 0.6 is 11.3 Å². The third-order valence-corrected chi connectivity index (χ3v) is 4.74. The molecule has 0 bridgehead atoms. The van der Waals surface area contributed by atoms with Gasteiger partial charge in [-0.2, -0.15) is 4.52 Å². The SMILES string of the molecule is CCC(CC)C(=O)Nc1nn2c(-c3ccc(OC)cc3)nnc2s1. The van der Waals surface area contributed by atoms with E-state index in [1.54, 1.807) is 11.6 Å². The standard InChI is InChI=1S/C16H19N5O2S/c1-4-10(5-2)14(22)17-15-20-21-13(18-19-16(21)24-15)11-6-8-12(23-3)9-7-11/h6-10H,4-5H2,1-3H3,(H,17,20,22). The Hall–Kier alpha value is -2.48. The van der Waals surface area contributed by atoms with Crippen LogP contribution in [0.1, 0.15) is 26.7 Å². The monoisotopic (exact) mass is 345 g/mol. The van der Waals surface area contributed by atoms with Crippen LogP contribution in [0.5, 0.6) is 5.75 Å². The summed E-state index contributed by atoms with van der Waals surface area (Å²) in [6.07, 6.45) is 1.62. The molecule has 7 nitrogen and oxygen atoms in total. The van der Waals surface area contributed by atoms with Crippen molar-refractivity contribution in [1.29, 1.82) is 0 Å². The summed E-state index contributed by atoms with van der Waals surface area (Å²) < 4.78 is 6.81. The molecule has 8 heteroatoms. The van der Waals surface area contributed by atoms with Crippen LogP contribution in [0.3, 0.4) is 0 Å². The van der Waals surface area contributed by atoms with E-state index < -0.39 is 0 Å². The minimum Gasteiger partial charge on any atom is -0.497 e. The van der Waals surface area contributed by atoms with Crippen LogP contribution < -0.4 is 10.1 Å². The van der Waals surface area contributed by atoms with Crippen molar-refractivity contribution in [2.45, 2.75) is 26.7 Å². The molecule has 3 aromatic rings. The number of ether oxygens (including phenoxy) is 1. The summed E-state index contributed by atoms with van der Waals surface area (Å²) in [5, 5.41) is 16.2. The first kappa shape index (κ1) is 16.4. The van der Waals surface area contributed by atoms with Crippen molar-refractivity contribution in [3.05, 3.63) is 24.3 Å². The average molecular weight is 345 g/mol. The summed E-state index contributed by atoms with van der Waals surface area (Å²) in [6.45, 7) is 4.02. The second-order valence-corrected chi connectivity index (χ2v) is 6.31. The van der Waals surface area contributed by atoms with Crippen molar-refractivity contribution in [3.8, 4) is 17.1 Å². The third-order valence-electron chi connectivity index (χ3n) is 3.93. The second kappa shape index (κ2) is 6.96. The Morgan fingerprint density at radius 1 is 1.25 bits per heavy atom. The van der Waals surface area contributed by atoms with Crippen molar-refractivity contribution in [2.75, 3.05) is 12.4 Å². The summed E-state index contributed by atoms with van der Waals surface area (Å²) >= 11 is 1.31. The first-order valence-corrected chi connectivity index (χ1v) is 8.65. The zero-order chi connectivity index (χ0) is 17.1. The highest BCUT2D eigenvalue weighted by Gasteiger charge is 2.18. The number of anilines is 1. The highest BCUT2D eigenvalue weighted by atomic mass is 32.1. The van der Waals surface area contributed by atoms with Gasteiger partial charge in [-0.25, -0.2) is 0 Å². The molecule has 0 saturated heterocycles. The molecule has 126 valence electrons. The first-order valence-electron chi connectivity index (χ1n) is 7.83. The molecule has 0 radical (unpaired) electrons. The van der Waals surface area contributed by atoms with Crippen LogP contribution in [0.2, 0.25) is 0 Å². The highest BCUT2D eigenvalue weighted by Crippen LogP contribution is 2.26. The molecule has 0 atom stereocenters. The van der Waals surface area contributed by atoms with E-state index in [2.05, 4.69) is 20.6 Å². The molecule has 3 rings (SSSR count). The van der Waals surface area contributed by atoms with Gasteiger partial charge in [0.1, 0.15) is 5.75 Å². The number of amides is 1. The summed E-state index contributed by atoms with van der Waals surface area (Å²) in [7, 11) is 1.62. The van der Waals surface area contributed by atoms with Gasteiger partial charge in [0, 0.05) is 11.5 Å². The Morgan fingerprint density at radius 3 is 2.58 bits per heavy atom. The van der Waals surface area contributed by atoms with Gasteiger partial charge in [0.15, 0.2) is 5.82 Å². The number of benzene rings is 1. The fourth-order valence-electron chi connectivity index (χ4n) is 2.45. The fourth-order valence-corrected chi connectivity index (χ4v) is 3.20. The number of carbonyl (C=O) groups excluding carboxylic acids is 1.